The van der Waals surface area contributed by atoms with Crippen LogP contribution in [0, 0.1) is 13.8 Å². The second-order valence-electron chi connectivity index (χ2n) is 8.62. The molecule has 0 radical (unpaired) electrons. The summed E-state index contributed by atoms with van der Waals surface area (Å²) in [6.45, 7) is 4.35. The van der Waals surface area contributed by atoms with Crippen LogP contribution in [0.15, 0.2) is 48.5 Å². The van der Waals surface area contributed by atoms with Crippen molar-refractivity contribution in [2.24, 2.45) is 0 Å². The van der Waals surface area contributed by atoms with Gasteiger partial charge >= 0.3 is 5.97 Å². The molecule has 0 saturated heterocycles. The molecule has 1 heterocycles. The zero-order chi connectivity index (χ0) is 25.5. The summed E-state index contributed by atoms with van der Waals surface area (Å²) in [5.41, 5.74) is 5.31. The lowest BCUT2D eigenvalue weighted by atomic mass is 10.0. The van der Waals surface area contributed by atoms with E-state index in [0.717, 1.165) is 34.0 Å². The van der Waals surface area contributed by atoms with Crippen LogP contribution in [0.3, 0.4) is 0 Å². The molecular formula is C27H34N4O4. The molecule has 0 aliphatic rings. The number of benzene rings is 2. The largest absolute Gasteiger partial charge is 0.496 e. The second kappa shape index (κ2) is 11.7. The van der Waals surface area contributed by atoms with Crippen molar-refractivity contribution in [3.8, 4) is 11.4 Å². The van der Waals surface area contributed by atoms with Gasteiger partial charge in [0.05, 0.1) is 31.6 Å². The van der Waals surface area contributed by atoms with Gasteiger partial charge in [-0.25, -0.2) is 4.68 Å². The molecule has 0 spiro atoms. The molecule has 8 heteroatoms. The number of esters is 1. The van der Waals surface area contributed by atoms with E-state index in [-0.39, 0.29) is 17.9 Å². The smallest absolute Gasteiger partial charge is 0.305 e. The number of hydrogen-bond donors (Lipinski definition) is 1. The molecule has 3 aromatic rings. The van der Waals surface area contributed by atoms with Crippen molar-refractivity contribution in [1.29, 1.82) is 0 Å². The summed E-state index contributed by atoms with van der Waals surface area (Å²) in [5, 5.41) is 7.68. The van der Waals surface area contributed by atoms with Crippen LogP contribution < -0.4 is 10.1 Å². The van der Waals surface area contributed by atoms with Gasteiger partial charge in [0, 0.05) is 29.8 Å². The van der Waals surface area contributed by atoms with Gasteiger partial charge in [-0.3, -0.25) is 9.59 Å². The number of methoxy groups -OCH3 is 2. The van der Waals surface area contributed by atoms with E-state index in [1.54, 1.807) is 19.2 Å². The van der Waals surface area contributed by atoms with E-state index < -0.39 is 0 Å². The first kappa shape index (κ1) is 26.0. The van der Waals surface area contributed by atoms with Crippen LogP contribution in [0.2, 0.25) is 0 Å². The highest BCUT2D eigenvalue weighted by molar-refractivity contribution is 5.94. The number of likely N-dealkylation sites (N-methyl/N-ethyl adjacent to an activating group) is 1. The first-order valence-corrected chi connectivity index (χ1v) is 11.6. The van der Waals surface area contributed by atoms with Gasteiger partial charge in [0.2, 0.25) is 0 Å². The fourth-order valence-electron chi connectivity index (χ4n) is 4.18. The third kappa shape index (κ3) is 6.08. The van der Waals surface area contributed by atoms with Crippen molar-refractivity contribution in [3.63, 3.8) is 0 Å². The highest BCUT2D eigenvalue weighted by Crippen LogP contribution is 2.27. The molecule has 1 unspecified atom stereocenters. The normalized spacial score (nSPS) is 11.9. The van der Waals surface area contributed by atoms with Crippen molar-refractivity contribution in [2.45, 2.75) is 32.7 Å². The van der Waals surface area contributed by atoms with E-state index in [0.29, 0.717) is 24.9 Å². The minimum Gasteiger partial charge on any atom is -0.496 e. The average molecular weight is 479 g/mol. The van der Waals surface area contributed by atoms with Crippen molar-refractivity contribution < 1.29 is 19.1 Å². The number of carbonyl (C=O) groups excluding carboxylic acids is 2. The van der Waals surface area contributed by atoms with Gasteiger partial charge in [0.15, 0.2) is 0 Å². The molecule has 8 nitrogen and oxygen atoms in total. The number of ether oxygens (including phenoxy) is 2. The SMILES string of the molecule is COC(=O)CCc1c(C)nn(-c2ccc(C(=O)NCC(c3ccccc3OC)N(C)C)cc2)c1C. The van der Waals surface area contributed by atoms with Crippen LogP contribution >= 0.6 is 0 Å². The molecule has 2 aromatic carbocycles. The fourth-order valence-corrected chi connectivity index (χ4v) is 4.18. The number of hydrogen-bond acceptors (Lipinski definition) is 6. The molecular weight excluding hydrogens is 444 g/mol. The number of aromatic nitrogens is 2. The van der Waals surface area contributed by atoms with E-state index in [9.17, 15) is 9.59 Å². The van der Waals surface area contributed by atoms with Crippen LogP contribution in [0.25, 0.3) is 5.69 Å². The Morgan fingerprint density at radius 3 is 2.37 bits per heavy atom. The first-order valence-electron chi connectivity index (χ1n) is 11.6. The fraction of sp³-hybridized carbons (Fsp3) is 0.370. The predicted molar refractivity (Wildman–Crippen MR) is 135 cm³/mol. The molecule has 0 bridgehead atoms. The van der Waals surface area contributed by atoms with Crippen LogP contribution in [0.4, 0.5) is 0 Å². The zero-order valence-corrected chi connectivity index (χ0v) is 21.3. The molecule has 1 amide bonds. The Morgan fingerprint density at radius 1 is 1.06 bits per heavy atom. The maximum absolute atomic E-state index is 12.9. The van der Waals surface area contributed by atoms with Gasteiger partial charge in [-0.15, -0.1) is 0 Å². The van der Waals surface area contributed by atoms with Gasteiger partial charge in [0.1, 0.15) is 5.75 Å². The Labute approximate surface area is 206 Å². The average Bonchev–Trinajstić information content (AvgIpc) is 3.15. The van der Waals surface area contributed by atoms with Crippen molar-refractivity contribution in [3.05, 3.63) is 76.6 Å². The van der Waals surface area contributed by atoms with E-state index in [4.69, 9.17) is 9.47 Å². The zero-order valence-electron chi connectivity index (χ0n) is 21.3. The predicted octanol–water partition coefficient (Wildman–Crippen LogP) is 3.64. The number of aryl methyl sites for hydroxylation is 1. The van der Waals surface area contributed by atoms with E-state index in [1.165, 1.54) is 7.11 Å². The number of para-hydroxylation sites is 1. The molecule has 1 atom stereocenters. The second-order valence-corrected chi connectivity index (χ2v) is 8.62. The van der Waals surface area contributed by atoms with Gasteiger partial charge in [-0.1, -0.05) is 18.2 Å². The summed E-state index contributed by atoms with van der Waals surface area (Å²) >= 11 is 0. The third-order valence-corrected chi connectivity index (χ3v) is 6.20. The number of nitrogens with one attached hydrogen (secondary N) is 1. The Balaban J connectivity index is 1.71. The lowest BCUT2D eigenvalue weighted by Gasteiger charge is -2.26. The topological polar surface area (TPSA) is 85.7 Å². The summed E-state index contributed by atoms with van der Waals surface area (Å²) in [5.74, 6) is 0.403. The summed E-state index contributed by atoms with van der Waals surface area (Å²) < 4.78 is 12.1. The van der Waals surface area contributed by atoms with Crippen LogP contribution in [-0.4, -0.2) is 61.4 Å². The number of carbonyl (C=O) groups is 2. The highest BCUT2D eigenvalue weighted by Gasteiger charge is 2.20. The van der Waals surface area contributed by atoms with Gasteiger partial charge in [-0.2, -0.15) is 5.10 Å². The molecule has 0 fully saturated rings. The first-order chi connectivity index (χ1) is 16.8. The van der Waals surface area contributed by atoms with E-state index in [1.807, 2.05) is 69.0 Å². The highest BCUT2D eigenvalue weighted by atomic mass is 16.5. The summed E-state index contributed by atoms with van der Waals surface area (Å²) in [6, 6.07) is 15.1. The third-order valence-electron chi connectivity index (χ3n) is 6.20. The van der Waals surface area contributed by atoms with E-state index in [2.05, 4.69) is 15.3 Å². The molecule has 35 heavy (non-hydrogen) atoms. The Kier molecular flexibility index (Phi) is 8.65. The molecule has 3 rings (SSSR count). The maximum Gasteiger partial charge on any atom is 0.305 e. The number of nitrogens with zero attached hydrogens (tertiary/aromatic N) is 3. The van der Waals surface area contributed by atoms with E-state index >= 15 is 0 Å². The minimum absolute atomic E-state index is 0.0347. The molecule has 0 saturated carbocycles. The standard InChI is InChI=1S/C27H34N4O4/c1-18-22(15-16-26(32)35-6)19(2)31(29-18)21-13-11-20(12-14-21)27(33)28-17-24(30(3)4)23-9-7-8-10-25(23)34-5/h7-14,24H,15-17H2,1-6H3,(H,28,33). The maximum atomic E-state index is 12.9. The Bertz CT molecular complexity index is 1170. The Morgan fingerprint density at radius 2 is 1.74 bits per heavy atom. The lowest BCUT2D eigenvalue weighted by molar-refractivity contribution is -0.140. The van der Waals surface area contributed by atoms with Crippen LogP contribution in [0.5, 0.6) is 5.75 Å². The van der Waals surface area contributed by atoms with Gasteiger partial charge in [-0.05, 0) is 70.3 Å². The molecule has 186 valence electrons. The summed E-state index contributed by atoms with van der Waals surface area (Å²) in [4.78, 5) is 26.5. The summed E-state index contributed by atoms with van der Waals surface area (Å²) in [7, 11) is 7.00. The van der Waals surface area contributed by atoms with Gasteiger partial charge < -0.3 is 19.7 Å². The summed E-state index contributed by atoms with van der Waals surface area (Å²) in [6.07, 6.45) is 0.885. The quantitative estimate of drug-likeness (QED) is 0.448. The molecule has 1 aromatic heterocycles. The minimum atomic E-state index is -0.242. The van der Waals surface area contributed by atoms with Crippen molar-refractivity contribution in [2.75, 3.05) is 34.9 Å². The molecule has 1 N–H and O–H groups in total. The van der Waals surface area contributed by atoms with Crippen LogP contribution in [-0.2, 0) is 16.0 Å². The van der Waals surface area contributed by atoms with Crippen molar-refractivity contribution in [1.82, 2.24) is 20.0 Å². The van der Waals surface area contributed by atoms with Crippen molar-refractivity contribution >= 4 is 11.9 Å². The number of amides is 1. The van der Waals surface area contributed by atoms with Gasteiger partial charge in [0.25, 0.3) is 5.91 Å². The van der Waals surface area contributed by atoms with Crippen LogP contribution in [0.1, 0.15) is 45.3 Å². The Hall–Kier alpha value is -3.65. The monoisotopic (exact) mass is 478 g/mol. The number of rotatable bonds is 10. The lowest BCUT2D eigenvalue weighted by Crippen LogP contribution is -2.34. The molecule has 0 aliphatic heterocycles. The molecule has 0 aliphatic carbocycles.